The van der Waals surface area contributed by atoms with Gasteiger partial charge in [-0.15, -0.1) is 0 Å². The Morgan fingerprint density at radius 3 is 2.50 bits per heavy atom. The third-order valence-corrected chi connectivity index (χ3v) is 8.23. The lowest BCUT2D eigenvalue weighted by atomic mass is 9.58. The number of hydrogen-bond acceptors (Lipinski definition) is 10. The molecule has 0 saturated carbocycles. The third kappa shape index (κ3) is 3.66. The standard InChI is InChI=1S/C26H30FN3O8/c1-29(2)20-14-8-11-7-13-17(15(31)9-12(19(13)27)10-30-3-5-38-6-4-30)21(32)16(11)23(34)26(14,37)24(35)18(22(20)33)25(28)36/h9,11,14,20,31,33-34,37H,3-8,10H2,1-2H3,(H2,28,36)/t11-,14?,20-,26-/m0/s1. The SMILES string of the molecule is CN(C)[C@@H]1C(O)=C(C(N)=O)C(=O)[C@@]2(O)C(O)=C3C(=O)c4c(O)cc(CN5CCOCC5)c(F)c4C[C@H]3CC12. The molecule has 0 aromatic heterocycles. The Labute approximate surface area is 217 Å². The number of primary amides is 1. The number of halogens is 1. The van der Waals surface area contributed by atoms with E-state index < -0.39 is 69.6 Å². The summed E-state index contributed by atoms with van der Waals surface area (Å²) in [7, 11) is 3.09. The maximum Gasteiger partial charge on any atom is 0.255 e. The summed E-state index contributed by atoms with van der Waals surface area (Å²) in [5, 5.41) is 44.4. The van der Waals surface area contributed by atoms with Gasteiger partial charge >= 0.3 is 0 Å². The summed E-state index contributed by atoms with van der Waals surface area (Å²) in [4.78, 5) is 42.3. The van der Waals surface area contributed by atoms with E-state index in [9.17, 15) is 34.8 Å². The van der Waals surface area contributed by atoms with E-state index in [1.54, 1.807) is 14.1 Å². The molecule has 4 aliphatic rings. The average molecular weight is 532 g/mol. The second kappa shape index (κ2) is 9.16. The van der Waals surface area contributed by atoms with Crippen LogP contribution in [0.1, 0.15) is 27.9 Å². The second-order valence-corrected chi connectivity index (χ2v) is 10.6. The normalized spacial score (nSPS) is 29.9. The highest BCUT2D eigenvalue weighted by Crippen LogP contribution is 2.52. The number of ketones is 2. The van der Waals surface area contributed by atoms with Crippen molar-refractivity contribution in [3.63, 3.8) is 0 Å². The van der Waals surface area contributed by atoms with Crippen molar-refractivity contribution in [2.45, 2.75) is 31.0 Å². The van der Waals surface area contributed by atoms with Gasteiger partial charge in [0.15, 0.2) is 11.4 Å². The molecule has 0 spiro atoms. The Morgan fingerprint density at radius 2 is 1.89 bits per heavy atom. The van der Waals surface area contributed by atoms with Gasteiger partial charge in [-0.05, 0) is 38.9 Å². The zero-order valence-corrected chi connectivity index (χ0v) is 21.0. The number of likely N-dealkylation sites (N-methyl/N-ethyl adjacent to an activating group) is 1. The van der Waals surface area contributed by atoms with Gasteiger partial charge in [0, 0.05) is 42.3 Å². The molecule has 1 aromatic rings. The molecule has 1 saturated heterocycles. The number of carbonyl (C=O) groups is 3. The molecule has 0 radical (unpaired) electrons. The van der Waals surface area contributed by atoms with Crippen molar-refractivity contribution in [1.29, 1.82) is 0 Å². The highest BCUT2D eigenvalue weighted by atomic mass is 19.1. The number of morpholine rings is 1. The van der Waals surface area contributed by atoms with Gasteiger partial charge in [0.2, 0.25) is 5.78 Å². The van der Waals surface area contributed by atoms with Crippen LogP contribution < -0.4 is 5.73 Å². The number of amides is 1. The number of nitrogens with two attached hydrogens (primary N) is 1. The first kappa shape index (κ1) is 26.3. The number of aromatic hydroxyl groups is 1. The van der Waals surface area contributed by atoms with Crippen LogP contribution in [0.2, 0.25) is 0 Å². The lowest BCUT2D eigenvalue weighted by Gasteiger charge is -2.50. The maximum atomic E-state index is 15.8. The Bertz CT molecular complexity index is 1320. The van der Waals surface area contributed by atoms with Gasteiger partial charge < -0.3 is 30.9 Å². The molecule has 1 aliphatic heterocycles. The predicted molar refractivity (Wildman–Crippen MR) is 130 cm³/mol. The number of benzene rings is 1. The van der Waals surface area contributed by atoms with Crippen LogP contribution in [0.5, 0.6) is 5.75 Å². The zero-order chi connectivity index (χ0) is 27.7. The number of allylic oxidation sites excluding steroid dienone is 1. The van der Waals surface area contributed by atoms with Crippen LogP contribution in [-0.2, 0) is 27.3 Å². The van der Waals surface area contributed by atoms with E-state index in [0.29, 0.717) is 26.3 Å². The minimum Gasteiger partial charge on any atom is -0.510 e. The molecule has 4 atom stereocenters. The van der Waals surface area contributed by atoms with Gasteiger partial charge in [-0.1, -0.05) is 0 Å². The molecule has 1 amide bonds. The molecule has 1 fully saturated rings. The third-order valence-electron chi connectivity index (χ3n) is 8.23. The van der Waals surface area contributed by atoms with E-state index in [1.165, 1.54) is 11.0 Å². The molecule has 1 heterocycles. The number of phenolic OH excluding ortho intramolecular Hbond substituents is 1. The molecule has 6 N–H and O–H groups in total. The van der Waals surface area contributed by atoms with Crippen molar-refractivity contribution in [3.8, 4) is 5.75 Å². The predicted octanol–water partition coefficient (Wildman–Crippen LogP) is 0.0919. The van der Waals surface area contributed by atoms with Gasteiger partial charge in [-0.2, -0.15) is 0 Å². The van der Waals surface area contributed by atoms with Gasteiger partial charge in [0.05, 0.1) is 24.8 Å². The summed E-state index contributed by atoms with van der Waals surface area (Å²) in [5.41, 5.74) is 1.27. The Morgan fingerprint density at radius 1 is 1.24 bits per heavy atom. The number of phenols is 1. The highest BCUT2D eigenvalue weighted by molar-refractivity contribution is 6.24. The fourth-order valence-corrected chi connectivity index (χ4v) is 6.47. The fraction of sp³-hybridized carbons (Fsp3) is 0.500. The number of nitrogens with zero attached hydrogens (tertiary/aromatic N) is 2. The molecular formula is C26H30FN3O8. The number of carbonyl (C=O) groups excluding carboxylic acids is 3. The van der Waals surface area contributed by atoms with Crippen molar-refractivity contribution in [2.24, 2.45) is 17.6 Å². The molecule has 3 aliphatic carbocycles. The number of ether oxygens (including phenoxy) is 1. The monoisotopic (exact) mass is 531 g/mol. The van der Waals surface area contributed by atoms with Crippen LogP contribution in [0, 0.1) is 17.7 Å². The molecule has 204 valence electrons. The largest absolute Gasteiger partial charge is 0.510 e. The summed E-state index contributed by atoms with van der Waals surface area (Å²) in [6.07, 6.45) is -0.190. The fourth-order valence-electron chi connectivity index (χ4n) is 6.47. The first-order chi connectivity index (χ1) is 17.9. The van der Waals surface area contributed by atoms with Crippen molar-refractivity contribution in [2.75, 3.05) is 40.4 Å². The molecular weight excluding hydrogens is 501 g/mol. The van der Waals surface area contributed by atoms with Gasteiger partial charge in [0.25, 0.3) is 5.91 Å². The van der Waals surface area contributed by atoms with Crippen LogP contribution in [0.25, 0.3) is 0 Å². The average Bonchev–Trinajstić information content (AvgIpc) is 2.84. The molecule has 0 bridgehead atoms. The first-order valence-electron chi connectivity index (χ1n) is 12.4. The van der Waals surface area contributed by atoms with Crippen molar-refractivity contribution in [3.05, 3.63) is 51.2 Å². The lowest BCUT2D eigenvalue weighted by molar-refractivity contribution is -0.148. The number of Topliss-reactive ketones (excluding diaryl/α,β-unsaturated/α-hetero) is 2. The Hall–Kier alpha value is -3.32. The summed E-state index contributed by atoms with van der Waals surface area (Å²) in [6.45, 7) is 2.38. The number of hydrogen-bond donors (Lipinski definition) is 5. The Balaban J connectivity index is 1.62. The number of aliphatic hydroxyl groups excluding tert-OH is 2. The number of fused-ring (bicyclic) bond motifs is 3. The minimum absolute atomic E-state index is 0.00798. The van der Waals surface area contributed by atoms with Gasteiger partial charge in [-0.3, -0.25) is 24.2 Å². The van der Waals surface area contributed by atoms with Gasteiger partial charge in [-0.25, -0.2) is 4.39 Å². The van der Waals surface area contributed by atoms with E-state index in [0.717, 1.165) is 0 Å². The maximum absolute atomic E-state index is 15.8. The summed E-state index contributed by atoms with van der Waals surface area (Å²) in [6, 6.07) is 0.0749. The minimum atomic E-state index is -2.73. The molecule has 38 heavy (non-hydrogen) atoms. The quantitative estimate of drug-likeness (QED) is 0.335. The molecule has 1 aromatic carbocycles. The van der Waals surface area contributed by atoms with Crippen LogP contribution in [0.15, 0.2) is 28.7 Å². The van der Waals surface area contributed by atoms with Crippen molar-refractivity contribution >= 4 is 17.5 Å². The molecule has 12 heteroatoms. The second-order valence-electron chi connectivity index (χ2n) is 10.6. The van der Waals surface area contributed by atoms with E-state index in [-0.39, 0.29) is 41.6 Å². The number of rotatable bonds is 4. The lowest BCUT2D eigenvalue weighted by Crippen LogP contribution is -2.63. The van der Waals surface area contributed by atoms with Crippen LogP contribution >= 0.6 is 0 Å². The Kier molecular flexibility index (Phi) is 6.33. The summed E-state index contributed by atoms with van der Waals surface area (Å²) in [5.74, 6) is -8.26. The molecule has 5 rings (SSSR count). The van der Waals surface area contributed by atoms with Crippen LogP contribution in [0.3, 0.4) is 0 Å². The topological polar surface area (TPSA) is 174 Å². The number of aliphatic hydroxyl groups is 3. The van der Waals surface area contributed by atoms with E-state index in [4.69, 9.17) is 10.5 Å². The molecule has 1 unspecified atom stereocenters. The van der Waals surface area contributed by atoms with Gasteiger partial charge in [0.1, 0.15) is 28.7 Å². The van der Waals surface area contributed by atoms with E-state index in [1.807, 2.05) is 4.90 Å². The highest BCUT2D eigenvalue weighted by Gasteiger charge is 2.63. The van der Waals surface area contributed by atoms with Crippen molar-refractivity contribution < 1.29 is 43.9 Å². The van der Waals surface area contributed by atoms with Crippen LogP contribution in [-0.4, -0.2) is 99.7 Å². The summed E-state index contributed by atoms with van der Waals surface area (Å²) < 4.78 is 21.1. The van der Waals surface area contributed by atoms with Crippen molar-refractivity contribution in [1.82, 2.24) is 9.80 Å². The summed E-state index contributed by atoms with van der Waals surface area (Å²) >= 11 is 0. The smallest absolute Gasteiger partial charge is 0.255 e. The van der Waals surface area contributed by atoms with Crippen LogP contribution in [0.4, 0.5) is 4.39 Å². The van der Waals surface area contributed by atoms with E-state index >= 15 is 4.39 Å². The molecule has 11 nitrogen and oxygen atoms in total. The first-order valence-corrected chi connectivity index (χ1v) is 12.4. The zero-order valence-electron chi connectivity index (χ0n) is 21.0. The van der Waals surface area contributed by atoms with E-state index in [2.05, 4.69) is 0 Å².